The van der Waals surface area contributed by atoms with Crippen molar-refractivity contribution in [1.29, 1.82) is 0 Å². The summed E-state index contributed by atoms with van der Waals surface area (Å²) in [5.41, 5.74) is 4.63. The number of aromatic amines is 2. The molecule has 2 aromatic rings. The summed E-state index contributed by atoms with van der Waals surface area (Å²) in [6, 6.07) is 1.33. The third kappa shape index (κ3) is 1.75. The Labute approximate surface area is 83.0 Å². The Balaban J connectivity index is 2.70. The van der Waals surface area contributed by atoms with Crippen LogP contribution in [0.2, 0.25) is 0 Å². The van der Waals surface area contributed by atoms with Crippen molar-refractivity contribution < 1.29 is 0 Å². The zero-order chi connectivity index (χ0) is 10.8. The topological polar surface area (TPSA) is 118 Å². The highest BCUT2D eigenvalue weighted by molar-refractivity contribution is 5.53. The fraction of sp³-hybridized carbons (Fsp3) is 0. The van der Waals surface area contributed by atoms with Crippen molar-refractivity contribution in [2.45, 2.75) is 0 Å². The molecule has 7 nitrogen and oxygen atoms in total. The molecule has 0 unspecified atom stereocenters. The van der Waals surface area contributed by atoms with E-state index in [1.165, 1.54) is 18.5 Å². The summed E-state index contributed by atoms with van der Waals surface area (Å²) in [5.74, 6) is -0.0636. The number of rotatable bonds is 1. The SMILES string of the molecule is Nc1nc(-c2c[nH]ccc2=O)[nH]c(=O)n1. The van der Waals surface area contributed by atoms with E-state index in [0.29, 0.717) is 0 Å². The van der Waals surface area contributed by atoms with E-state index in [1.807, 2.05) is 0 Å². The summed E-state index contributed by atoms with van der Waals surface area (Å²) in [6.45, 7) is 0. The van der Waals surface area contributed by atoms with Crippen molar-refractivity contribution in [2.24, 2.45) is 0 Å². The summed E-state index contributed by atoms with van der Waals surface area (Å²) in [5, 5.41) is 0. The minimum Gasteiger partial charge on any atom is -0.368 e. The molecule has 0 saturated carbocycles. The first-order chi connectivity index (χ1) is 7.16. The number of H-pyrrole nitrogens is 2. The number of pyridine rings is 1. The standard InChI is InChI=1S/C8H7N5O2/c9-7-11-6(12-8(15)13-7)4-3-10-2-1-5(4)14/h1-3H,(H,10,14)(H3,9,11,12,13,15). The molecule has 2 rings (SSSR count). The van der Waals surface area contributed by atoms with Crippen molar-refractivity contribution in [2.75, 3.05) is 5.73 Å². The number of anilines is 1. The second-order valence-electron chi connectivity index (χ2n) is 2.78. The summed E-state index contributed by atoms with van der Waals surface area (Å²) in [7, 11) is 0. The lowest BCUT2D eigenvalue weighted by atomic mass is 10.2. The van der Waals surface area contributed by atoms with E-state index in [-0.39, 0.29) is 22.8 Å². The molecule has 15 heavy (non-hydrogen) atoms. The Morgan fingerprint density at radius 1 is 1.27 bits per heavy atom. The molecule has 0 amide bonds. The Morgan fingerprint density at radius 3 is 2.73 bits per heavy atom. The van der Waals surface area contributed by atoms with Crippen LogP contribution in [0.5, 0.6) is 0 Å². The largest absolute Gasteiger partial charge is 0.368 e. The number of hydrogen-bond acceptors (Lipinski definition) is 5. The Kier molecular flexibility index (Phi) is 2.05. The molecule has 2 heterocycles. The molecule has 0 aromatic carbocycles. The van der Waals surface area contributed by atoms with E-state index in [1.54, 1.807) is 0 Å². The number of nitrogens with two attached hydrogens (primary N) is 1. The third-order valence-electron chi connectivity index (χ3n) is 1.75. The van der Waals surface area contributed by atoms with Crippen molar-refractivity contribution in [3.05, 3.63) is 39.2 Å². The molecule has 4 N–H and O–H groups in total. The van der Waals surface area contributed by atoms with Gasteiger partial charge in [-0.05, 0) is 0 Å². The van der Waals surface area contributed by atoms with Gasteiger partial charge in [-0.1, -0.05) is 0 Å². The quantitative estimate of drug-likeness (QED) is 0.557. The van der Waals surface area contributed by atoms with Gasteiger partial charge < -0.3 is 10.7 Å². The molecular formula is C8H7N5O2. The predicted molar refractivity (Wildman–Crippen MR) is 53.1 cm³/mol. The minimum absolute atomic E-state index is 0.106. The van der Waals surface area contributed by atoms with Gasteiger partial charge in [0.15, 0.2) is 11.3 Å². The average molecular weight is 205 g/mol. The van der Waals surface area contributed by atoms with E-state index < -0.39 is 5.69 Å². The van der Waals surface area contributed by atoms with Gasteiger partial charge in [-0.3, -0.25) is 9.78 Å². The highest BCUT2D eigenvalue weighted by Crippen LogP contribution is 2.05. The zero-order valence-corrected chi connectivity index (χ0v) is 7.52. The van der Waals surface area contributed by atoms with Crippen LogP contribution in [-0.2, 0) is 0 Å². The number of aromatic nitrogens is 4. The number of nitrogens with one attached hydrogen (secondary N) is 2. The molecular weight excluding hydrogens is 198 g/mol. The molecule has 7 heteroatoms. The molecule has 2 aromatic heterocycles. The maximum atomic E-state index is 11.4. The lowest BCUT2D eigenvalue weighted by molar-refractivity contribution is 1.00. The smallest absolute Gasteiger partial charge is 0.349 e. The van der Waals surface area contributed by atoms with Gasteiger partial charge in [0.1, 0.15) is 0 Å². The number of hydrogen-bond donors (Lipinski definition) is 3. The summed E-state index contributed by atoms with van der Waals surface area (Å²) >= 11 is 0. The second kappa shape index (κ2) is 3.37. The van der Waals surface area contributed by atoms with Gasteiger partial charge in [0.25, 0.3) is 0 Å². The molecule has 0 aliphatic heterocycles. The lowest BCUT2D eigenvalue weighted by Crippen LogP contribution is -2.17. The van der Waals surface area contributed by atoms with Crippen LogP contribution < -0.4 is 16.9 Å². The van der Waals surface area contributed by atoms with Crippen LogP contribution in [0, 0.1) is 0 Å². The summed E-state index contributed by atoms with van der Waals surface area (Å²) < 4.78 is 0. The Bertz CT molecular complexity index is 600. The van der Waals surface area contributed by atoms with Crippen LogP contribution in [0.15, 0.2) is 28.0 Å². The van der Waals surface area contributed by atoms with E-state index in [9.17, 15) is 9.59 Å². The average Bonchev–Trinajstić information content (AvgIpc) is 2.16. The van der Waals surface area contributed by atoms with Crippen LogP contribution in [0.1, 0.15) is 0 Å². The molecule has 0 aliphatic rings. The highest BCUT2D eigenvalue weighted by atomic mass is 16.1. The van der Waals surface area contributed by atoms with Gasteiger partial charge in [0.05, 0.1) is 5.56 Å². The maximum Gasteiger partial charge on any atom is 0.349 e. The van der Waals surface area contributed by atoms with Crippen molar-refractivity contribution in [3.63, 3.8) is 0 Å². The van der Waals surface area contributed by atoms with Gasteiger partial charge in [0.2, 0.25) is 5.95 Å². The van der Waals surface area contributed by atoms with Crippen molar-refractivity contribution in [1.82, 2.24) is 19.9 Å². The summed E-state index contributed by atoms with van der Waals surface area (Å²) in [4.78, 5) is 34.5. The van der Waals surface area contributed by atoms with Crippen LogP contribution in [0.3, 0.4) is 0 Å². The normalized spacial score (nSPS) is 10.1. The molecule has 0 radical (unpaired) electrons. The maximum absolute atomic E-state index is 11.4. The molecule has 0 aliphatic carbocycles. The fourth-order valence-electron chi connectivity index (χ4n) is 1.13. The van der Waals surface area contributed by atoms with Crippen LogP contribution in [-0.4, -0.2) is 19.9 Å². The third-order valence-corrected chi connectivity index (χ3v) is 1.75. The monoisotopic (exact) mass is 205 g/mol. The molecule has 0 bridgehead atoms. The van der Waals surface area contributed by atoms with E-state index in [4.69, 9.17) is 5.73 Å². The Hall–Kier alpha value is -2.44. The number of nitrogen functional groups attached to an aromatic ring is 1. The van der Waals surface area contributed by atoms with Gasteiger partial charge in [0, 0.05) is 18.5 Å². The van der Waals surface area contributed by atoms with Crippen LogP contribution in [0.4, 0.5) is 5.95 Å². The fourth-order valence-corrected chi connectivity index (χ4v) is 1.13. The van der Waals surface area contributed by atoms with Gasteiger partial charge in [-0.2, -0.15) is 9.97 Å². The molecule has 0 saturated heterocycles. The zero-order valence-electron chi connectivity index (χ0n) is 7.52. The Morgan fingerprint density at radius 2 is 2.07 bits per heavy atom. The predicted octanol–water partition coefficient (Wildman–Crippen LogP) is -0.898. The molecule has 76 valence electrons. The molecule has 0 spiro atoms. The van der Waals surface area contributed by atoms with Crippen molar-refractivity contribution >= 4 is 5.95 Å². The van der Waals surface area contributed by atoms with E-state index in [0.717, 1.165) is 0 Å². The first-order valence-corrected chi connectivity index (χ1v) is 4.08. The highest BCUT2D eigenvalue weighted by Gasteiger charge is 2.06. The lowest BCUT2D eigenvalue weighted by Gasteiger charge is -1.98. The van der Waals surface area contributed by atoms with Gasteiger partial charge in [-0.15, -0.1) is 0 Å². The first-order valence-electron chi connectivity index (χ1n) is 4.08. The summed E-state index contributed by atoms with van der Waals surface area (Å²) in [6.07, 6.45) is 2.91. The first kappa shape index (κ1) is 9.13. The molecule has 0 fully saturated rings. The minimum atomic E-state index is -0.638. The van der Waals surface area contributed by atoms with E-state index in [2.05, 4.69) is 19.9 Å². The second-order valence-corrected chi connectivity index (χ2v) is 2.78. The van der Waals surface area contributed by atoms with Gasteiger partial charge >= 0.3 is 5.69 Å². The van der Waals surface area contributed by atoms with Gasteiger partial charge in [-0.25, -0.2) is 4.79 Å². The number of nitrogens with zero attached hydrogens (tertiary/aromatic N) is 2. The van der Waals surface area contributed by atoms with Crippen LogP contribution >= 0.6 is 0 Å². The van der Waals surface area contributed by atoms with Crippen molar-refractivity contribution in [3.8, 4) is 11.4 Å². The van der Waals surface area contributed by atoms with Crippen LogP contribution in [0.25, 0.3) is 11.4 Å². The van der Waals surface area contributed by atoms with E-state index >= 15 is 0 Å². The molecule has 0 atom stereocenters.